The van der Waals surface area contributed by atoms with Crippen LogP contribution in [0.1, 0.15) is 32.6 Å². The normalized spacial score (nSPS) is 8.82. The van der Waals surface area contributed by atoms with E-state index in [9.17, 15) is 0 Å². The molecule has 1 nitrogen and oxygen atoms in total. The Morgan fingerprint density at radius 1 is 1.27 bits per heavy atom. The minimum absolute atomic E-state index is 0. The molecule has 0 aliphatic carbocycles. The number of hydrogen-bond donors (Lipinski definition) is 0. The molecule has 0 fully saturated rings. The predicted molar refractivity (Wildman–Crippen MR) is 52.3 cm³/mol. The maximum absolute atomic E-state index is 5.21. The van der Waals surface area contributed by atoms with E-state index in [1.165, 1.54) is 25.7 Å². The van der Waals surface area contributed by atoms with Crippen LogP contribution >= 0.6 is 0 Å². The van der Waals surface area contributed by atoms with Gasteiger partial charge in [0.15, 0.2) is 0 Å². The summed E-state index contributed by atoms with van der Waals surface area (Å²) in [5.41, 5.74) is 0. The van der Waals surface area contributed by atoms with Gasteiger partial charge < -0.3 is 4.74 Å². The van der Waals surface area contributed by atoms with Crippen molar-refractivity contribution in [2.24, 2.45) is 0 Å². The summed E-state index contributed by atoms with van der Waals surface area (Å²) in [4.78, 5) is 0. The molecule has 0 aromatic heterocycles. The van der Waals surface area contributed by atoms with Crippen molar-refractivity contribution in [2.75, 3.05) is 13.2 Å². The van der Waals surface area contributed by atoms with E-state index in [-0.39, 0.29) is 29.6 Å². The van der Waals surface area contributed by atoms with Gasteiger partial charge in [0.2, 0.25) is 0 Å². The fourth-order valence-electron chi connectivity index (χ4n) is 0.798. The zero-order valence-corrected chi connectivity index (χ0v) is 6.94. The standard InChI is InChI=1S/C9H18O.Na.H/c1-3-5-6-7-9-10-8-4-2;;/h4H,2-3,5-9H2,1H3;;. The molecule has 0 aliphatic heterocycles. The van der Waals surface area contributed by atoms with Crippen molar-refractivity contribution in [1.29, 1.82) is 0 Å². The number of unbranched alkanes of at least 4 members (excludes halogenated alkanes) is 3. The van der Waals surface area contributed by atoms with Crippen LogP contribution < -0.4 is 0 Å². The molecule has 0 bridgehead atoms. The van der Waals surface area contributed by atoms with Crippen LogP contribution in [-0.4, -0.2) is 42.8 Å². The van der Waals surface area contributed by atoms with E-state index in [2.05, 4.69) is 13.5 Å². The second-order valence-electron chi connectivity index (χ2n) is 2.42. The van der Waals surface area contributed by atoms with Gasteiger partial charge in [-0.25, -0.2) is 0 Å². The third-order valence-corrected chi connectivity index (χ3v) is 1.38. The van der Waals surface area contributed by atoms with Crippen LogP contribution in [0.2, 0.25) is 0 Å². The van der Waals surface area contributed by atoms with E-state index < -0.39 is 0 Å². The predicted octanol–water partition coefficient (Wildman–Crippen LogP) is 2.12. The molecule has 62 valence electrons. The van der Waals surface area contributed by atoms with Crippen molar-refractivity contribution in [2.45, 2.75) is 32.6 Å². The van der Waals surface area contributed by atoms with Crippen LogP contribution in [0, 0.1) is 0 Å². The monoisotopic (exact) mass is 166 g/mol. The SMILES string of the molecule is C=CCOCCCCCC.[NaH]. The third-order valence-electron chi connectivity index (χ3n) is 1.38. The topological polar surface area (TPSA) is 9.23 Å². The first-order valence-electron chi connectivity index (χ1n) is 4.10. The molecule has 0 radical (unpaired) electrons. The summed E-state index contributed by atoms with van der Waals surface area (Å²) in [5, 5.41) is 0. The van der Waals surface area contributed by atoms with E-state index in [4.69, 9.17) is 4.74 Å². The van der Waals surface area contributed by atoms with Crippen molar-refractivity contribution in [1.82, 2.24) is 0 Å². The summed E-state index contributed by atoms with van der Waals surface area (Å²) in [7, 11) is 0. The maximum atomic E-state index is 5.21. The molecule has 0 aromatic carbocycles. The van der Waals surface area contributed by atoms with Crippen molar-refractivity contribution in [3.63, 3.8) is 0 Å². The molecule has 0 saturated heterocycles. The fourth-order valence-corrected chi connectivity index (χ4v) is 0.798. The average Bonchev–Trinajstić information content (AvgIpc) is 1.97. The first-order valence-corrected chi connectivity index (χ1v) is 4.10. The van der Waals surface area contributed by atoms with Gasteiger partial charge in [0.25, 0.3) is 0 Å². The zero-order chi connectivity index (χ0) is 7.66. The summed E-state index contributed by atoms with van der Waals surface area (Å²) in [6, 6.07) is 0. The minimum atomic E-state index is 0. The Morgan fingerprint density at radius 3 is 2.55 bits per heavy atom. The second kappa shape index (κ2) is 13.3. The van der Waals surface area contributed by atoms with Crippen LogP contribution in [0.3, 0.4) is 0 Å². The van der Waals surface area contributed by atoms with Crippen molar-refractivity contribution in [3.8, 4) is 0 Å². The summed E-state index contributed by atoms with van der Waals surface area (Å²) < 4.78 is 5.21. The summed E-state index contributed by atoms with van der Waals surface area (Å²) in [6.07, 6.45) is 6.91. The number of ether oxygens (including phenoxy) is 1. The Labute approximate surface area is 92.5 Å². The molecule has 0 heterocycles. The second-order valence-corrected chi connectivity index (χ2v) is 2.42. The average molecular weight is 166 g/mol. The third kappa shape index (κ3) is 13.7. The molecule has 0 N–H and O–H groups in total. The van der Waals surface area contributed by atoms with E-state index in [0.717, 1.165) is 6.61 Å². The molecule has 0 saturated carbocycles. The summed E-state index contributed by atoms with van der Waals surface area (Å²) >= 11 is 0. The van der Waals surface area contributed by atoms with Gasteiger partial charge in [0.1, 0.15) is 0 Å². The molecule has 11 heavy (non-hydrogen) atoms. The molecule has 0 aliphatic rings. The Bertz CT molecular complexity index is 74.0. The molecule has 0 rings (SSSR count). The van der Waals surface area contributed by atoms with Crippen LogP contribution in [-0.2, 0) is 4.74 Å². The van der Waals surface area contributed by atoms with Crippen LogP contribution in [0.25, 0.3) is 0 Å². The Balaban J connectivity index is 0. The van der Waals surface area contributed by atoms with E-state index in [1.807, 2.05) is 0 Å². The molecule has 2 heteroatoms. The fraction of sp³-hybridized carbons (Fsp3) is 0.778. The van der Waals surface area contributed by atoms with Gasteiger partial charge in [-0.1, -0.05) is 32.3 Å². The van der Waals surface area contributed by atoms with Gasteiger partial charge in [-0.15, -0.1) is 6.58 Å². The summed E-state index contributed by atoms with van der Waals surface area (Å²) in [6.45, 7) is 7.38. The van der Waals surface area contributed by atoms with Crippen LogP contribution in [0.4, 0.5) is 0 Å². The molecule has 0 aromatic rings. The summed E-state index contributed by atoms with van der Waals surface area (Å²) in [5.74, 6) is 0. The number of hydrogen-bond acceptors (Lipinski definition) is 1. The molecule has 0 atom stereocenters. The van der Waals surface area contributed by atoms with Gasteiger partial charge in [0, 0.05) is 6.61 Å². The number of rotatable bonds is 7. The van der Waals surface area contributed by atoms with Gasteiger partial charge in [-0.05, 0) is 6.42 Å². The van der Waals surface area contributed by atoms with Crippen molar-refractivity contribution < 1.29 is 4.74 Å². The quantitative estimate of drug-likeness (QED) is 0.320. The molecular formula is C9H19NaO. The molecule has 0 unspecified atom stereocenters. The van der Waals surface area contributed by atoms with Crippen LogP contribution in [0.15, 0.2) is 12.7 Å². The molecule has 0 spiro atoms. The van der Waals surface area contributed by atoms with E-state index in [1.54, 1.807) is 6.08 Å². The first kappa shape index (κ1) is 14.2. The molecule has 0 amide bonds. The van der Waals surface area contributed by atoms with Crippen molar-refractivity contribution in [3.05, 3.63) is 12.7 Å². The Morgan fingerprint density at radius 2 is 2.00 bits per heavy atom. The van der Waals surface area contributed by atoms with Gasteiger partial charge in [-0.2, -0.15) is 0 Å². The first-order chi connectivity index (χ1) is 4.91. The Kier molecular flexibility index (Phi) is 17.2. The van der Waals surface area contributed by atoms with Gasteiger partial charge in [0.05, 0.1) is 6.61 Å². The van der Waals surface area contributed by atoms with E-state index >= 15 is 0 Å². The molecular weight excluding hydrogens is 147 g/mol. The van der Waals surface area contributed by atoms with Gasteiger partial charge >= 0.3 is 29.6 Å². The van der Waals surface area contributed by atoms with Crippen LogP contribution in [0.5, 0.6) is 0 Å². The Hall–Kier alpha value is 0.700. The van der Waals surface area contributed by atoms with E-state index in [0.29, 0.717) is 6.61 Å². The van der Waals surface area contributed by atoms with Gasteiger partial charge in [-0.3, -0.25) is 0 Å². The van der Waals surface area contributed by atoms with Crippen molar-refractivity contribution >= 4 is 29.6 Å². The zero-order valence-electron chi connectivity index (χ0n) is 6.94.